The number of ether oxygens (including phenoxy) is 1. The fourth-order valence-corrected chi connectivity index (χ4v) is 2.08. The van der Waals surface area contributed by atoms with Crippen molar-refractivity contribution in [2.45, 2.75) is 32.6 Å². The molecule has 0 unspecified atom stereocenters. The number of hydrogen-bond donors (Lipinski definition) is 1. The Morgan fingerprint density at radius 2 is 1.94 bits per heavy atom. The topological polar surface area (TPSA) is 29.5 Å². The van der Waals surface area contributed by atoms with E-state index < -0.39 is 0 Å². The molecule has 1 aromatic carbocycles. The standard InChI is InChI=1S/C13H19BrO2/c1-11-6-7-13(12(14)10-11)16-9-5-3-2-4-8-15/h6-7,10,15H,2-5,8-9H2,1H3. The second kappa shape index (κ2) is 7.69. The maximum Gasteiger partial charge on any atom is 0.133 e. The van der Waals surface area contributed by atoms with Gasteiger partial charge in [0.15, 0.2) is 0 Å². The van der Waals surface area contributed by atoms with Gasteiger partial charge in [-0.3, -0.25) is 0 Å². The van der Waals surface area contributed by atoms with Gasteiger partial charge in [-0.2, -0.15) is 0 Å². The molecule has 1 aromatic rings. The van der Waals surface area contributed by atoms with Gasteiger partial charge in [0.2, 0.25) is 0 Å². The van der Waals surface area contributed by atoms with Gasteiger partial charge in [0.05, 0.1) is 11.1 Å². The van der Waals surface area contributed by atoms with Crippen LogP contribution in [0.25, 0.3) is 0 Å². The Balaban J connectivity index is 2.21. The molecule has 3 heteroatoms. The summed E-state index contributed by atoms with van der Waals surface area (Å²) in [5, 5.41) is 8.63. The van der Waals surface area contributed by atoms with Crippen LogP contribution in [-0.2, 0) is 0 Å². The van der Waals surface area contributed by atoms with E-state index in [-0.39, 0.29) is 0 Å². The second-order valence-corrected chi connectivity index (χ2v) is 4.77. The zero-order chi connectivity index (χ0) is 11.8. The van der Waals surface area contributed by atoms with Gasteiger partial charge in [0, 0.05) is 6.61 Å². The van der Waals surface area contributed by atoms with Gasteiger partial charge >= 0.3 is 0 Å². The van der Waals surface area contributed by atoms with Crippen molar-refractivity contribution in [3.63, 3.8) is 0 Å². The number of aliphatic hydroxyl groups excluding tert-OH is 1. The maximum absolute atomic E-state index is 8.63. The lowest BCUT2D eigenvalue weighted by atomic mass is 10.2. The molecule has 0 aliphatic carbocycles. The molecule has 0 fully saturated rings. The molecule has 16 heavy (non-hydrogen) atoms. The van der Waals surface area contributed by atoms with Gasteiger partial charge in [0.1, 0.15) is 5.75 Å². The van der Waals surface area contributed by atoms with Crippen LogP contribution >= 0.6 is 15.9 Å². The summed E-state index contributed by atoms with van der Waals surface area (Å²) in [5.41, 5.74) is 1.22. The Hall–Kier alpha value is -0.540. The molecule has 0 saturated heterocycles. The van der Waals surface area contributed by atoms with E-state index in [1.807, 2.05) is 12.1 Å². The van der Waals surface area contributed by atoms with E-state index in [0.717, 1.165) is 42.5 Å². The molecular formula is C13H19BrO2. The molecular weight excluding hydrogens is 268 g/mol. The highest BCUT2D eigenvalue weighted by atomic mass is 79.9. The van der Waals surface area contributed by atoms with Gasteiger partial charge in [-0.25, -0.2) is 0 Å². The van der Waals surface area contributed by atoms with E-state index in [9.17, 15) is 0 Å². The van der Waals surface area contributed by atoms with E-state index in [1.165, 1.54) is 5.56 Å². The van der Waals surface area contributed by atoms with Crippen molar-refractivity contribution in [1.29, 1.82) is 0 Å². The van der Waals surface area contributed by atoms with E-state index in [1.54, 1.807) is 0 Å². The predicted octanol–water partition coefficient (Wildman–Crippen LogP) is 3.69. The third-order valence-corrected chi connectivity index (χ3v) is 3.02. The summed E-state index contributed by atoms with van der Waals surface area (Å²) >= 11 is 3.48. The molecule has 0 aliphatic rings. The maximum atomic E-state index is 8.63. The molecule has 0 heterocycles. The summed E-state index contributed by atoms with van der Waals surface area (Å²) in [4.78, 5) is 0. The normalized spacial score (nSPS) is 10.4. The molecule has 2 nitrogen and oxygen atoms in total. The molecule has 0 aromatic heterocycles. The Labute approximate surface area is 106 Å². The Morgan fingerprint density at radius 1 is 1.19 bits per heavy atom. The first-order chi connectivity index (χ1) is 7.74. The van der Waals surface area contributed by atoms with Crippen molar-refractivity contribution >= 4 is 15.9 Å². The summed E-state index contributed by atoms with van der Waals surface area (Å²) in [5.74, 6) is 0.910. The smallest absolute Gasteiger partial charge is 0.133 e. The lowest BCUT2D eigenvalue weighted by molar-refractivity contribution is 0.273. The van der Waals surface area contributed by atoms with Crippen LogP contribution in [0.4, 0.5) is 0 Å². The average Bonchev–Trinajstić information content (AvgIpc) is 2.26. The molecule has 0 spiro atoms. The molecule has 0 amide bonds. The van der Waals surface area contributed by atoms with Crippen LogP contribution in [0.3, 0.4) is 0 Å². The lowest BCUT2D eigenvalue weighted by Gasteiger charge is -2.08. The first-order valence-corrected chi connectivity index (χ1v) is 6.53. The summed E-state index contributed by atoms with van der Waals surface area (Å²) in [6.07, 6.45) is 4.13. The number of unbranched alkanes of at least 4 members (excludes halogenated alkanes) is 3. The number of rotatable bonds is 7. The highest BCUT2D eigenvalue weighted by Gasteiger charge is 2.00. The SMILES string of the molecule is Cc1ccc(OCCCCCCO)c(Br)c1. The molecule has 0 radical (unpaired) electrons. The lowest BCUT2D eigenvalue weighted by Crippen LogP contribution is -1.98. The molecule has 0 aliphatic heterocycles. The van der Waals surface area contributed by atoms with Crippen molar-refractivity contribution in [1.82, 2.24) is 0 Å². The van der Waals surface area contributed by atoms with Crippen LogP contribution in [0.5, 0.6) is 5.75 Å². The highest BCUT2D eigenvalue weighted by molar-refractivity contribution is 9.10. The van der Waals surface area contributed by atoms with Gasteiger partial charge in [-0.15, -0.1) is 0 Å². The molecule has 0 saturated carbocycles. The van der Waals surface area contributed by atoms with Crippen molar-refractivity contribution in [2.75, 3.05) is 13.2 Å². The fourth-order valence-electron chi connectivity index (χ4n) is 1.47. The number of aryl methyl sites for hydroxylation is 1. The zero-order valence-corrected chi connectivity index (χ0v) is 11.3. The molecule has 1 N–H and O–H groups in total. The largest absolute Gasteiger partial charge is 0.492 e. The summed E-state index contributed by atoms with van der Waals surface area (Å²) in [7, 11) is 0. The van der Waals surface area contributed by atoms with Gasteiger partial charge < -0.3 is 9.84 Å². The van der Waals surface area contributed by atoms with Crippen LogP contribution in [0.2, 0.25) is 0 Å². The predicted molar refractivity (Wildman–Crippen MR) is 69.9 cm³/mol. The summed E-state index contributed by atoms with van der Waals surface area (Å²) in [6.45, 7) is 3.10. The monoisotopic (exact) mass is 286 g/mol. The Kier molecular flexibility index (Phi) is 6.50. The number of aliphatic hydroxyl groups is 1. The zero-order valence-electron chi connectivity index (χ0n) is 9.71. The van der Waals surface area contributed by atoms with Crippen LogP contribution in [0, 0.1) is 6.92 Å². The Bertz CT molecular complexity index is 313. The minimum absolute atomic E-state index is 0.296. The quantitative estimate of drug-likeness (QED) is 0.775. The number of benzene rings is 1. The van der Waals surface area contributed by atoms with Gasteiger partial charge in [0.25, 0.3) is 0 Å². The molecule has 1 rings (SSSR count). The van der Waals surface area contributed by atoms with Gasteiger partial charge in [-0.05, 0) is 59.8 Å². The third-order valence-electron chi connectivity index (χ3n) is 2.40. The van der Waals surface area contributed by atoms with Crippen LogP contribution in [-0.4, -0.2) is 18.3 Å². The Morgan fingerprint density at radius 3 is 2.62 bits per heavy atom. The minimum Gasteiger partial charge on any atom is -0.492 e. The number of hydrogen-bond acceptors (Lipinski definition) is 2. The van der Waals surface area contributed by atoms with Crippen LogP contribution < -0.4 is 4.74 Å². The van der Waals surface area contributed by atoms with E-state index in [4.69, 9.17) is 9.84 Å². The van der Waals surface area contributed by atoms with Crippen molar-refractivity contribution in [3.8, 4) is 5.75 Å². The van der Waals surface area contributed by atoms with E-state index in [2.05, 4.69) is 28.9 Å². The average molecular weight is 287 g/mol. The van der Waals surface area contributed by atoms with Crippen LogP contribution in [0.1, 0.15) is 31.2 Å². The van der Waals surface area contributed by atoms with Crippen LogP contribution in [0.15, 0.2) is 22.7 Å². The van der Waals surface area contributed by atoms with Crippen molar-refractivity contribution < 1.29 is 9.84 Å². The van der Waals surface area contributed by atoms with Crippen molar-refractivity contribution in [2.24, 2.45) is 0 Å². The van der Waals surface area contributed by atoms with Gasteiger partial charge in [-0.1, -0.05) is 12.5 Å². The van der Waals surface area contributed by atoms with E-state index >= 15 is 0 Å². The molecule has 90 valence electrons. The minimum atomic E-state index is 0.296. The summed E-state index contributed by atoms with van der Waals surface area (Å²) in [6, 6.07) is 6.10. The second-order valence-electron chi connectivity index (χ2n) is 3.92. The molecule has 0 atom stereocenters. The fraction of sp³-hybridized carbons (Fsp3) is 0.538. The summed E-state index contributed by atoms with van der Waals surface area (Å²) < 4.78 is 6.68. The first kappa shape index (κ1) is 13.5. The van der Waals surface area contributed by atoms with E-state index in [0.29, 0.717) is 6.61 Å². The first-order valence-electron chi connectivity index (χ1n) is 5.74. The highest BCUT2D eigenvalue weighted by Crippen LogP contribution is 2.25. The van der Waals surface area contributed by atoms with Crippen molar-refractivity contribution in [3.05, 3.63) is 28.2 Å². The molecule has 0 bridgehead atoms. The third kappa shape index (κ3) is 4.99. The number of halogens is 1.